The third-order valence-electron chi connectivity index (χ3n) is 4.98. The van der Waals surface area contributed by atoms with E-state index in [-0.39, 0.29) is 6.10 Å². The van der Waals surface area contributed by atoms with Gasteiger partial charge in [0.2, 0.25) is 0 Å². The molecule has 0 aromatic heterocycles. The van der Waals surface area contributed by atoms with Crippen LogP contribution in [0.2, 0.25) is 0 Å². The molecule has 92 valence electrons. The average Bonchev–Trinajstić information content (AvgIpc) is 2.80. The largest absolute Gasteiger partial charge is 0.393 e. The predicted molar refractivity (Wildman–Crippen MR) is 63.2 cm³/mol. The van der Waals surface area contributed by atoms with Gasteiger partial charge in [-0.05, 0) is 56.3 Å². The lowest BCUT2D eigenvalue weighted by atomic mass is 10.0. The van der Waals surface area contributed by atoms with Crippen LogP contribution in [-0.4, -0.2) is 23.9 Å². The van der Waals surface area contributed by atoms with Crippen molar-refractivity contribution in [3.8, 4) is 0 Å². The summed E-state index contributed by atoms with van der Waals surface area (Å²) in [5, 5.41) is 10.2. The zero-order valence-corrected chi connectivity index (χ0v) is 10.1. The summed E-state index contributed by atoms with van der Waals surface area (Å²) in [6.45, 7) is 0.940. The van der Waals surface area contributed by atoms with Gasteiger partial charge in [-0.15, -0.1) is 0 Å². The molecule has 0 spiro atoms. The van der Waals surface area contributed by atoms with Crippen molar-refractivity contribution in [3.63, 3.8) is 0 Å². The van der Waals surface area contributed by atoms with Crippen molar-refractivity contribution in [1.29, 1.82) is 0 Å². The van der Waals surface area contributed by atoms with Crippen LogP contribution in [0.25, 0.3) is 0 Å². The van der Waals surface area contributed by atoms with Crippen molar-refractivity contribution in [3.05, 3.63) is 0 Å². The first-order valence-corrected chi connectivity index (χ1v) is 7.16. The van der Waals surface area contributed by atoms with Crippen LogP contribution in [0.1, 0.15) is 51.4 Å². The highest BCUT2D eigenvalue weighted by Gasteiger charge is 2.53. The van der Waals surface area contributed by atoms with Gasteiger partial charge < -0.3 is 9.84 Å². The maximum Gasteiger partial charge on any atom is 0.0577 e. The fourth-order valence-electron chi connectivity index (χ4n) is 4.04. The molecule has 0 aromatic carbocycles. The third kappa shape index (κ3) is 2.14. The first kappa shape index (κ1) is 11.0. The SMILES string of the molecule is OC(CCC1CCCO1)C1C2CCCCC21. The van der Waals surface area contributed by atoms with Crippen LogP contribution < -0.4 is 0 Å². The highest BCUT2D eigenvalue weighted by Crippen LogP contribution is 2.57. The zero-order valence-electron chi connectivity index (χ0n) is 10.1. The van der Waals surface area contributed by atoms with Gasteiger partial charge in [0.25, 0.3) is 0 Å². The van der Waals surface area contributed by atoms with Crippen LogP contribution in [-0.2, 0) is 4.74 Å². The minimum absolute atomic E-state index is 0.0303. The molecule has 4 unspecified atom stereocenters. The summed E-state index contributed by atoms with van der Waals surface area (Å²) in [5.41, 5.74) is 0. The molecule has 3 fully saturated rings. The van der Waals surface area contributed by atoms with Crippen LogP contribution in [0, 0.1) is 17.8 Å². The first-order valence-electron chi connectivity index (χ1n) is 7.16. The lowest BCUT2D eigenvalue weighted by molar-refractivity contribution is 0.0717. The number of hydrogen-bond donors (Lipinski definition) is 1. The topological polar surface area (TPSA) is 29.5 Å². The van der Waals surface area contributed by atoms with E-state index in [0.29, 0.717) is 12.0 Å². The van der Waals surface area contributed by atoms with Crippen molar-refractivity contribution in [2.45, 2.75) is 63.6 Å². The Morgan fingerprint density at radius 3 is 2.44 bits per heavy atom. The normalized spacial score (nSPS) is 44.1. The number of aliphatic hydroxyl groups excluding tert-OH is 1. The highest BCUT2D eigenvalue weighted by atomic mass is 16.5. The molecule has 2 heteroatoms. The maximum absolute atomic E-state index is 10.2. The van der Waals surface area contributed by atoms with Crippen LogP contribution in [0.15, 0.2) is 0 Å². The van der Waals surface area contributed by atoms with Gasteiger partial charge in [0.15, 0.2) is 0 Å². The van der Waals surface area contributed by atoms with Gasteiger partial charge in [-0.2, -0.15) is 0 Å². The van der Waals surface area contributed by atoms with E-state index in [1.807, 2.05) is 0 Å². The number of aliphatic hydroxyl groups is 1. The summed E-state index contributed by atoms with van der Waals surface area (Å²) >= 11 is 0. The monoisotopic (exact) mass is 224 g/mol. The fourth-order valence-corrected chi connectivity index (χ4v) is 4.04. The van der Waals surface area contributed by atoms with Gasteiger partial charge in [-0.1, -0.05) is 12.8 Å². The molecule has 2 aliphatic carbocycles. The molecule has 16 heavy (non-hydrogen) atoms. The van der Waals surface area contributed by atoms with Gasteiger partial charge in [0.1, 0.15) is 0 Å². The van der Waals surface area contributed by atoms with Crippen LogP contribution >= 0.6 is 0 Å². The van der Waals surface area contributed by atoms with Crippen molar-refractivity contribution in [2.24, 2.45) is 17.8 Å². The van der Waals surface area contributed by atoms with Gasteiger partial charge in [0, 0.05) is 6.61 Å². The van der Waals surface area contributed by atoms with Crippen molar-refractivity contribution in [1.82, 2.24) is 0 Å². The van der Waals surface area contributed by atoms with Crippen LogP contribution in [0.3, 0.4) is 0 Å². The Kier molecular flexibility index (Phi) is 3.21. The molecule has 0 aromatic rings. The summed E-state index contributed by atoms with van der Waals surface area (Å²) in [6, 6.07) is 0. The standard InChI is InChI=1S/C14H24O2/c15-13(8-7-10-4-3-9-16-10)14-11-5-1-2-6-12(11)14/h10-15H,1-9H2. The third-order valence-corrected chi connectivity index (χ3v) is 4.98. The van der Waals surface area contributed by atoms with E-state index >= 15 is 0 Å². The Morgan fingerprint density at radius 1 is 1.06 bits per heavy atom. The van der Waals surface area contributed by atoms with Gasteiger partial charge in [0.05, 0.1) is 12.2 Å². The van der Waals surface area contributed by atoms with E-state index in [2.05, 4.69) is 0 Å². The summed E-state index contributed by atoms with van der Waals surface area (Å²) in [4.78, 5) is 0. The second-order valence-corrected chi connectivity index (χ2v) is 5.97. The first-order chi connectivity index (χ1) is 7.86. The smallest absolute Gasteiger partial charge is 0.0577 e. The molecule has 4 atom stereocenters. The summed E-state index contributed by atoms with van der Waals surface area (Å²) in [5.74, 6) is 2.42. The molecular weight excluding hydrogens is 200 g/mol. The van der Waals surface area contributed by atoms with E-state index in [1.165, 1.54) is 38.5 Å². The number of hydrogen-bond acceptors (Lipinski definition) is 2. The lowest BCUT2D eigenvalue weighted by Crippen LogP contribution is -2.15. The molecule has 1 N–H and O–H groups in total. The molecule has 1 saturated heterocycles. The summed E-state index contributed by atoms with van der Waals surface area (Å²) in [6.07, 6.45) is 10.5. The van der Waals surface area contributed by atoms with Crippen LogP contribution in [0.4, 0.5) is 0 Å². The second kappa shape index (κ2) is 4.66. The van der Waals surface area contributed by atoms with Crippen molar-refractivity contribution in [2.75, 3.05) is 6.61 Å². The minimum atomic E-state index is -0.0303. The Balaban J connectivity index is 1.41. The Hall–Kier alpha value is -0.0800. The predicted octanol–water partition coefficient (Wildman–Crippen LogP) is 2.74. The molecular formula is C14H24O2. The van der Waals surface area contributed by atoms with Crippen LogP contribution in [0.5, 0.6) is 0 Å². The second-order valence-electron chi connectivity index (χ2n) is 5.97. The zero-order chi connectivity index (χ0) is 11.0. The van der Waals surface area contributed by atoms with E-state index in [4.69, 9.17) is 4.74 Å². The molecule has 0 bridgehead atoms. The lowest BCUT2D eigenvalue weighted by Gasteiger charge is -2.13. The molecule has 2 nitrogen and oxygen atoms in total. The molecule has 0 amide bonds. The van der Waals surface area contributed by atoms with Gasteiger partial charge >= 0.3 is 0 Å². The Labute approximate surface area is 98.4 Å². The van der Waals surface area contributed by atoms with E-state index in [0.717, 1.165) is 31.3 Å². The molecule has 3 rings (SSSR count). The fraction of sp³-hybridized carbons (Fsp3) is 1.00. The number of fused-ring (bicyclic) bond motifs is 1. The van der Waals surface area contributed by atoms with Gasteiger partial charge in [-0.3, -0.25) is 0 Å². The van der Waals surface area contributed by atoms with Crippen molar-refractivity contribution >= 4 is 0 Å². The van der Waals surface area contributed by atoms with E-state index < -0.39 is 0 Å². The number of rotatable bonds is 4. The van der Waals surface area contributed by atoms with Crippen molar-refractivity contribution < 1.29 is 9.84 Å². The van der Waals surface area contributed by atoms with Gasteiger partial charge in [-0.25, -0.2) is 0 Å². The summed E-state index contributed by atoms with van der Waals surface area (Å²) < 4.78 is 5.61. The molecule has 1 heterocycles. The quantitative estimate of drug-likeness (QED) is 0.795. The minimum Gasteiger partial charge on any atom is -0.393 e. The molecule has 1 aliphatic heterocycles. The Morgan fingerprint density at radius 2 is 1.81 bits per heavy atom. The Bertz CT molecular complexity index is 223. The molecule has 0 radical (unpaired) electrons. The summed E-state index contributed by atoms with van der Waals surface area (Å²) in [7, 11) is 0. The molecule has 3 aliphatic rings. The van der Waals surface area contributed by atoms with E-state index in [1.54, 1.807) is 0 Å². The number of ether oxygens (including phenoxy) is 1. The highest BCUT2D eigenvalue weighted by molar-refractivity contribution is 5.02. The van der Waals surface area contributed by atoms with E-state index in [9.17, 15) is 5.11 Å². The maximum atomic E-state index is 10.2. The average molecular weight is 224 g/mol. The molecule has 2 saturated carbocycles.